The van der Waals surface area contributed by atoms with E-state index in [0.29, 0.717) is 22.2 Å². The van der Waals surface area contributed by atoms with Gasteiger partial charge in [-0.15, -0.1) is 0 Å². The number of amides is 2. The van der Waals surface area contributed by atoms with Gasteiger partial charge in [0.15, 0.2) is 0 Å². The smallest absolute Gasteiger partial charge is 0.331 e. The largest absolute Gasteiger partial charge is 0.355 e. The lowest BCUT2D eigenvalue weighted by molar-refractivity contribution is -0.116. The lowest BCUT2D eigenvalue weighted by Crippen LogP contribution is -2.41. The molecule has 2 aromatic carbocycles. The molecular weight excluding hydrogens is 360 g/mol. The van der Waals surface area contributed by atoms with Crippen LogP contribution in [0.25, 0.3) is 10.9 Å². The Morgan fingerprint density at radius 3 is 2.36 bits per heavy atom. The van der Waals surface area contributed by atoms with Crippen LogP contribution in [-0.4, -0.2) is 28.0 Å². The number of hydrogen-bond acceptors (Lipinski definition) is 4. The van der Waals surface area contributed by atoms with E-state index in [1.54, 1.807) is 55.5 Å². The van der Waals surface area contributed by atoms with Crippen LogP contribution in [0.1, 0.15) is 17.3 Å². The highest BCUT2D eigenvalue weighted by molar-refractivity contribution is 6.03. The molecule has 144 valence electrons. The van der Waals surface area contributed by atoms with Crippen LogP contribution in [0.5, 0.6) is 0 Å². The number of anilines is 1. The average Bonchev–Trinajstić information content (AvgIpc) is 2.71. The maximum atomic E-state index is 12.7. The summed E-state index contributed by atoms with van der Waals surface area (Å²) in [5.74, 6) is -0.817. The van der Waals surface area contributed by atoms with Crippen molar-refractivity contribution in [3.8, 4) is 0 Å². The molecule has 0 bridgehead atoms. The molecule has 3 rings (SSSR count). The molecule has 0 aliphatic heterocycles. The summed E-state index contributed by atoms with van der Waals surface area (Å²) in [6.45, 7) is 1.60. The molecule has 0 saturated heterocycles. The van der Waals surface area contributed by atoms with Gasteiger partial charge in [0, 0.05) is 13.6 Å². The number of fused-ring (bicyclic) bond motifs is 1. The number of carbonyl (C=O) groups excluding carboxylic acids is 2. The van der Waals surface area contributed by atoms with Gasteiger partial charge in [-0.3, -0.25) is 23.5 Å². The molecule has 0 atom stereocenters. The van der Waals surface area contributed by atoms with E-state index in [0.717, 1.165) is 4.57 Å². The SMILES string of the molecule is CCn1c(=O)c2ccccc2n(CC(=O)Nc2ccccc2C(=O)NC)c1=O. The third kappa shape index (κ3) is 3.44. The van der Waals surface area contributed by atoms with Gasteiger partial charge in [-0.05, 0) is 31.2 Å². The lowest BCUT2D eigenvalue weighted by Gasteiger charge is -2.14. The summed E-state index contributed by atoms with van der Waals surface area (Å²) in [6.07, 6.45) is 0. The minimum absolute atomic E-state index is 0.198. The van der Waals surface area contributed by atoms with Crippen LogP contribution < -0.4 is 21.9 Å². The molecule has 2 amide bonds. The Balaban J connectivity index is 2.01. The zero-order chi connectivity index (χ0) is 20.3. The lowest BCUT2D eigenvalue weighted by atomic mass is 10.1. The van der Waals surface area contributed by atoms with E-state index < -0.39 is 11.6 Å². The van der Waals surface area contributed by atoms with Crippen molar-refractivity contribution in [3.63, 3.8) is 0 Å². The van der Waals surface area contributed by atoms with E-state index in [2.05, 4.69) is 10.6 Å². The van der Waals surface area contributed by atoms with Crippen LogP contribution in [0.2, 0.25) is 0 Å². The van der Waals surface area contributed by atoms with E-state index in [4.69, 9.17) is 0 Å². The zero-order valence-electron chi connectivity index (χ0n) is 15.6. The predicted molar refractivity (Wildman–Crippen MR) is 107 cm³/mol. The first kappa shape index (κ1) is 19.1. The van der Waals surface area contributed by atoms with Gasteiger partial charge in [0.05, 0.1) is 22.2 Å². The van der Waals surface area contributed by atoms with Crippen molar-refractivity contribution < 1.29 is 9.59 Å². The molecule has 0 saturated carbocycles. The second-order valence-electron chi connectivity index (χ2n) is 6.11. The Morgan fingerprint density at radius 1 is 0.964 bits per heavy atom. The number of benzene rings is 2. The van der Waals surface area contributed by atoms with Crippen LogP contribution in [0, 0.1) is 0 Å². The molecular formula is C20H20N4O4. The molecule has 0 fully saturated rings. The van der Waals surface area contributed by atoms with Crippen LogP contribution in [0.3, 0.4) is 0 Å². The number of nitrogens with zero attached hydrogens (tertiary/aromatic N) is 2. The Morgan fingerprint density at radius 2 is 1.64 bits per heavy atom. The highest BCUT2D eigenvalue weighted by Crippen LogP contribution is 2.15. The van der Waals surface area contributed by atoms with Crippen molar-refractivity contribution in [3.05, 3.63) is 74.9 Å². The molecule has 8 heteroatoms. The van der Waals surface area contributed by atoms with Gasteiger partial charge in [0.1, 0.15) is 6.54 Å². The normalized spacial score (nSPS) is 10.6. The third-order valence-electron chi connectivity index (χ3n) is 4.42. The van der Waals surface area contributed by atoms with Crippen LogP contribution in [-0.2, 0) is 17.9 Å². The second kappa shape index (κ2) is 7.91. The van der Waals surface area contributed by atoms with Crippen molar-refractivity contribution in [2.75, 3.05) is 12.4 Å². The van der Waals surface area contributed by atoms with Gasteiger partial charge in [0.25, 0.3) is 11.5 Å². The third-order valence-corrected chi connectivity index (χ3v) is 4.42. The quantitative estimate of drug-likeness (QED) is 0.694. The predicted octanol–water partition coefficient (Wildman–Crippen LogP) is 1.18. The summed E-state index contributed by atoms with van der Waals surface area (Å²) in [6, 6.07) is 13.2. The average molecular weight is 380 g/mol. The van der Waals surface area contributed by atoms with E-state index >= 15 is 0 Å². The number of nitrogens with one attached hydrogen (secondary N) is 2. The van der Waals surface area contributed by atoms with E-state index in [1.807, 2.05) is 0 Å². The van der Waals surface area contributed by atoms with Gasteiger partial charge in [-0.25, -0.2) is 4.79 Å². The van der Waals surface area contributed by atoms with E-state index in [1.165, 1.54) is 11.6 Å². The molecule has 1 aromatic heterocycles. The van der Waals surface area contributed by atoms with Gasteiger partial charge in [-0.1, -0.05) is 24.3 Å². The Kier molecular flexibility index (Phi) is 5.39. The fourth-order valence-electron chi connectivity index (χ4n) is 3.06. The summed E-state index contributed by atoms with van der Waals surface area (Å²) >= 11 is 0. The summed E-state index contributed by atoms with van der Waals surface area (Å²) < 4.78 is 2.35. The van der Waals surface area contributed by atoms with Gasteiger partial charge in [0.2, 0.25) is 5.91 Å². The number of para-hydroxylation sites is 2. The first-order chi connectivity index (χ1) is 13.5. The minimum Gasteiger partial charge on any atom is -0.355 e. The van der Waals surface area contributed by atoms with Crippen molar-refractivity contribution >= 4 is 28.4 Å². The van der Waals surface area contributed by atoms with Gasteiger partial charge < -0.3 is 10.6 Å². The molecule has 2 N–H and O–H groups in total. The Bertz CT molecular complexity index is 1180. The maximum Gasteiger partial charge on any atom is 0.331 e. The molecule has 0 unspecified atom stereocenters. The summed E-state index contributed by atoms with van der Waals surface area (Å²) in [5.41, 5.74) is 0.102. The molecule has 0 spiro atoms. The van der Waals surface area contributed by atoms with Crippen LogP contribution >= 0.6 is 0 Å². The summed E-state index contributed by atoms with van der Waals surface area (Å²) in [5, 5.41) is 5.55. The fraction of sp³-hybridized carbons (Fsp3) is 0.200. The van der Waals surface area contributed by atoms with Gasteiger partial charge in [-0.2, -0.15) is 0 Å². The fourth-order valence-corrected chi connectivity index (χ4v) is 3.06. The van der Waals surface area contributed by atoms with Crippen molar-refractivity contribution in [2.24, 2.45) is 0 Å². The number of carbonyl (C=O) groups is 2. The molecule has 28 heavy (non-hydrogen) atoms. The van der Waals surface area contributed by atoms with Crippen molar-refractivity contribution in [2.45, 2.75) is 20.0 Å². The van der Waals surface area contributed by atoms with Crippen LogP contribution in [0.4, 0.5) is 5.69 Å². The number of aromatic nitrogens is 2. The van der Waals surface area contributed by atoms with Crippen LogP contribution in [0.15, 0.2) is 58.1 Å². The molecule has 8 nitrogen and oxygen atoms in total. The molecule has 1 heterocycles. The second-order valence-corrected chi connectivity index (χ2v) is 6.11. The number of rotatable bonds is 5. The molecule has 0 aliphatic rings. The van der Waals surface area contributed by atoms with Crippen molar-refractivity contribution in [1.82, 2.24) is 14.5 Å². The first-order valence-corrected chi connectivity index (χ1v) is 8.81. The Labute approximate surface area is 160 Å². The topological polar surface area (TPSA) is 102 Å². The molecule has 0 aliphatic carbocycles. The molecule has 3 aromatic rings. The number of hydrogen-bond donors (Lipinski definition) is 2. The van der Waals surface area contributed by atoms with E-state index in [-0.39, 0.29) is 24.6 Å². The summed E-state index contributed by atoms with van der Waals surface area (Å²) in [7, 11) is 1.50. The summed E-state index contributed by atoms with van der Waals surface area (Å²) in [4.78, 5) is 49.8. The monoisotopic (exact) mass is 380 g/mol. The molecule has 0 radical (unpaired) electrons. The van der Waals surface area contributed by atoms with E-state index in [9.17, 15) is 19.2 Å². The minimum atomic E-state index is -0.555. The van der Waals surface area contributed by atoms with Crippen molar-refractivity contribution in [1.29, 1.82) is 0 Å². The van der Waals surface area contributed by atoms with Gasteiger partial charge >= 0.3 is 5.69 Å². The maximum absolute atomic E-state index is 12.7. The zero-order valence-corrected chi connectivity index (χ0v) is 15.6. The highest BCUT2D eigenvalue weighted by Gasteiger charge is 2.16. The standard InChI is InChI=1S/C20H20N4O4/c1-3-23-19(27)14-9-5-7-11-16(14)24(20(23)28)12-17(25)22-15-10-6-4-8-13(15)18(26)21-2/h4-11H,3,12H2,1-2H3,(H,21,26)(H,22,25). The highest BCUT2D eigenvalue weighted by atomic mass is 16.2. The first-order valence-electron chi connectivity index (χ1n) is 8.81. The Hall–Kier alpha value is -3.68.